The van der Waals surface area contributed by atoms with Gasteiger partial charge in [-0.3, -0.25) is 14.4 Å². The van der Waals surface area contributed by atoms with Crippen LogP contribution < -0.4 is 5.32 Å². The minimum absolute atomic E-state index is 0.00516. The zero-order valence-corrected chi connectivity index (χ0v) is 15.5. The maximum Gasteiger partial charge on any atom is 0.253 e. The number of likely N-dealkylation sites (tertiary alicyclic amines) is 1. The molecule has 1 heterocycles. The quantitative estimate of drug-likeness (QED) is 0.826. The maximum atomic E-state index is 12.1. The summed E-state index contributed by atoms with van der Waals surface area (Å²) in [7, 11) is 3.42. The summed E-state index contributed by atoms with van der Waals surface area (Å²) in [4.78, 5) is 38.6. The Morgan fingerprint density at radius 2 is 1.77 bits per heavy atom. The molecule has 1 aromatic rings. The third-order valence-corrected chi connectivity index (χ3v) is 4.43. The van der Waals surface area contributed by atoms with Gasteiger partial charge in [-0.1, -0.05) is 11.8 Å². The van der Waals surface area contributed by atoms with E-state index in [1.54, 1.807) is 50.2 Å². The monoisotopic (exact) mass is 355 g/mol. The largest absolute Gasteiger partial charge is 0.345 e. The van der Waals surface area contributed by atoms with Gasteiger partial charge in [0.1, 0.15) is 0 Å². The van der Waals surface area contributed by atoms with Crippen LogP contribution in [0.4, 0.5) is 0 Å². The summed E-state index contributed by atoms with van der Waals surface area (Å²) in [6.07, 6.45) is 1.39. The lowest BCUT2D eigenvalue weighted by Crippen LogP contribution is -2.42. The Morgan fingerprint density at radius 3 is 2.31 bits per heavy atom. The fourth-order valence-corrected chi connectivity index (χ4v) is 2.83. The van der Waals surface area contributed by atoms with Crippen molar-refractivity contribution in [1.82, 2.24) is 15.1 Å². The molecule has 0 atom stereocenters. The van der Waals surface area contributed by atoms with Crippen molar-refractivity contribution in [3.63, 3.8) is 0 Å². The van der Waals surface area contributed by atoms with E-state index in [1.807, 2.05) is 0 Å². The zero-order valence-electron chi connectivity index (χ0n) is 15.5. The number of rotatable bonds is 3. The van der Waals surface area contributed by atoms with E-state index >= 15 is 0 Å². The molecule has 0 unspecified atom stereocenters. The standard InChI is InChI=1S/C20H25N3O3/c1-15(24)23-13-10-17(11-14-23)19(25)21-12-4-5-16-6-8-18(9-7-16)20(26)22(2)3/h6-9,17H,10-14H2,1-3H3,(H,21,25). The van der Waals surface area contributed by atoms with Gasteiger partial charge < -0.3 is 15.1 Å². The average molecular weight is 355 g/mol. The van der Waals surface area contributed by atoms with Crippen molar-refractivity contribution in [3.05, 3.63) is 35.4 Å². The molecule has 1 fully saturated rings. The number of nitrogens with one attached hydrogen (secondary N) is 1. The Kier molecular flexibility index (Phi) is 6.79. The molecule has 138 valence electrons. The van der Waals surface area contributed by atoms with Crippen molar-refractivity contribution < 1.29 is 14.4 Å². The summed E-state index contributed by atoms with van der Waals surface area (Å²) in [5.74, 6) is 5.86. The molecule has 0 saturated carbocycles. The lowest BCUT2D eigenvalue weighted by molar-refractivity contribution is -0.133. The molecule has 0 bridgehead atoms. The van der Waals surface area contributed by atoms with Gasteiger partial charge in [0.05, 0.1) is 6.54 Å². The number of hydrogen-bond acceptors (Lipinski definition) is 3. The first-order valence-corrected chi connectivity index (χ1v) is 8.72. The molecular weight excluding hydrogens is 330 g/mol. The molecule has 0 aromatic heterocycles. The average Bonchev–Trinajstić information content (AvgIpc) is 2.65. The van der Waals surface area contributed by atoms with Crippen molar-refractivity contribution in [1.29, 1.82) is 0 Å². The molecule has 1 N–H and O–H groups in total. The van der Waals surface area contributed by atoms with Gasteiger partial charge in [-0.05, 0) is 37.1 Å². The van der Waals surface area contributed by atoms with E-state index < -0.39 is 0 Å². The Bertz CT molecular complexity index is 721. The van der Waals surface area contributed by atoms with Crippen LogP contribution in [-0.4, -0.2) is 61.3 Å². The van der Waals surface area contributed by atoms with Crippen molar-refractivity contribution in [2.24, 2.45) is 5.92 Å². The van der Waals surface area contributed by atoms with E-state index in [2.05, 4.69) is 17.2 Å². The van der Waals surface area contributed by atoms with Crippen LogP contribution in [0.2, 0.25) is 0 Å². The van der Waals surface area contributed by atoms with E-state index in [4.69, 9.17) is 0 Å². The first kappa shape index (κ1) is 19.5. The Morgan fingerprint density at radius 1 is 1.15 bits per heavy atom. The lowest BCUT2D eigenvalue weighted by Gasteiger charge is -2.30. The van der Waals surface area contributed by atoms with Gasteiger partial charge in [-0.2, -0.15) is 0 Å². The second-order valence-electron chi connectivity index (χ2n) is 6.58. The highest BCUT2D eigenvalue weighted by Crippen LogP contribution is 2.17. The second-order valence-corrected chi connectivity index (χ2v) is 6.58. The van der Waals surface area contributed by atoms with E-state index in [9.17, 15) is 14.4 Å². The van der Waals surface area contributed by atoms with Crippen LogP contribution in [0.1, 0.15) is 35.7 Å². The predicted molar refractivity (Wildman–Crippen MR) is 99.3 cm³/mol. The maximum absolute atomic E-state index is 12.1. The van der Waals surface area contributed by atoms with Gasteiger partial charge in [0.15, 0.2) is 0 Å². The third kappa shape index (κ3) is 5.35. The third-order valence-electron chi connectivity index (χ3n) is 4.43. The highest BCUT2D eigenvalue weighted by molar-refractivity contribution is 5.93. The Balaban J connectivity index is 1.79. The molecule has 1 saturated heterocycles. The van der Waals surface area contributed by atoms with E-state index in [0.29, 0.717) is 31.5 Å². The highest BCUT2D eigenvalue weighted by Gasteiger charge is 2.25. The van der Waals surface area contributed by atoms with Crippen LogP contribution in [0.15, 0.2) is 24.3 Å². The first-order chi connectivity index (χ1) is 12.4. The van der Waals surface area contributed by atoms with E-state index in [1.165, 1.54) is 4.90 Å². The Labute approximate surface area is 154 Å². The van der Waals surface area contributed by atoms with Crippen molar-refractivity contribution >= 4 is 17.7 Å². The molecule has 6 heteroatoms. The number of piperidine rings is 1. The van der Waals surface area contributed by atoms with Gasteiger partial charge in [0, 0.05) is 51.2 Å². The smallest absolute Gasteiger partial charge is 0.253 e. The summed E-state index contributed by atoms with van der Waals surface area (Å²) in [6, 6.07) is 7.08. The van der Waals surface area contributed by atoms with Crippen molar-refractivity contribution in [2.75, 3.05) is 33.7 Å². The number of nitrogens with zero attached hydrogens (tertiary/aromatic N) is 2. The minimum Gasteiger partial charge on any atom is -0.345 e. The topological polar surface area (TPSA) is 69.7 Å². The van der Waals surface area contributed by atoms with E-state index in [-0.39, 0.29) is 30.2 Å². The molecule has 1 aliphatic heterocycles. The van der Waals surface area contributed by atoms with Crippen LogP contribution >= 0.6 is 0 Å². The molecule has 1 aliphatic rings. The summed E-state index contributed by atoms with van der Waals surface area (Å²) >= 11 is 0. The molecule has 2 rings (SSSR count). The molecule has 26 heavy (non-hydrogen) atoms. The summed E-state index contributed by atoms with van der Waals surface area (Å²) < 4.78 is 0. The molecule has 6 nitrogen and oxygen atoms in total. The van der Waals surface area contributed by atoms with Crippen molar-refractivity contribution in [2.45, 2.75) is 19.8 Å². The Hall–Kier alpha value is -2.81. The SMILES string of the molecule is CC(=O)N1CCC(C(=O)NCC#Cc2ccc(C(=O)N(C)C)cc2)CC1. The van der Waals surface area contributed by atoms with Gasteiger partial charge in [-0.15, -0.1) is 0 Å². The number of benzene rings is 1. The van der Waals surface area contributed by atoms with Gasteiger partial charge >= 0.3 is 0 Å². The first-order valence-electron chi connectivity index (χ1n) is 8.72. The fourth-order valence-electron chi connectivity index (χ4n) is 2.83. The van der Waals surface area contributed by atoms with Crippen molar-refractivity contribution in [3.8, 4) is 11.8 Å². The van der Waals surface area contributed by atoms with Crippen LogP contribution in [0.5, 0.6) is 0 Å². The van der Waals surface area contributed by atoms with Crippen LogP contribution in [0.3, 0.4) is 0 Å². The number of amides is 3. The molecule has 3 amide bonds. The zero-order chi connectivity index (χ0) is 19.1. The summed E-state index contributed by atoms with van der Waals surface area (Å²) in [5.41, 5.74) is 1.41. The van der Waals surface area contributed by atoms with Crippen LogP contribution in [0.25, 0.3) is 0 Å². The number of carbonyl (C=O) groups excluding carboxylic acids is 3. The van der Waals surface area contributed by atoms with Gasteiger partial charge in [0.25, 0.3) is 5.91 Å². The minimum atomic E-state index is -0.0521. The second kappa shape index (κ2) is 9.04. The molecular formula is C20H25N3O3. The van der Waals surface area contributed by atoms with Crippen LogP contribution in [-0.2, 0) is 9.59 Å². The number of hydrogen-bond donors (Lipinski definition) is 1. The van der Waals surface area contributed by atoms with E-state index in [0.717, 1.165) is 5.56 Å². The highest BCUT2D eigenvalue weighted by atomic mass is 16.2. The summed E-state index contributed by atoms with van der Waals surface area (Å²) in [6.45, 7) is 3.11. The van der Waals surface area contributed by atoms with Gasteiger partial charge in [-0.25, -0.2) is 0 Å². The predicted octanol–water partition coefficient (Wildman–Crippen LogP) is 1.11. The molecule has 1 aromatic carbocycles. The molecule has 0 aliphatic carbocycles. The normalized spacial score (nSPS) is 14.2. The molecule has 0 spiro atoms. The van der Waals surface area contributed by atoms with Crippen LogP contribution in [0, 0.1) is 17.8 Å². The molecule has 0 radical (unpaired) electrons. The van der Waals surface area contributed by atoms with Gasteiger partial charge in [0.2, 0.25) is 11.8 Å². The fraction of sp³-hybridized carbons (Fsp3) is 0.450. The number of carbonyl (C=O) groups is 3. The lowest BCUT2D eigenvalue weighted by atomic mass is 9.96. The summed E-state index contributed by atoms with van der Waals surface area (Å²) in [5, 5.41) is 2.83.